The first-order valence-electron chi connectivity index (χ1n) is 7.33. The van der Waals surface area contributed by atoms with Crippen molar-refractivity contribution in [2.24, 2.45) is 0 Å². The SMILES string of the molecule is Cc1ccc(F)cc1C(=O)C(=O)NCc1ccc(CS(C)=O)cc1. The zero-order chi connectivity index (χ0) is 17.7. The van der Waals surface area contributed by atoms with Crippen LogP contribution in [0.25, 0.3) is 0 Å². The second kappa shape index (κ2) is 7.97. The standard InChI is InChI=1S/C18H18FNO3S/c1-12-3-8-15(19)9-16(12)17(21)18(22)20-10-13-4-6-14(7-5-13)11-24(2)23/h3-9H,10-11H2,1-2H3,(H,20,22). The highest BCUT2D eigenvalue weighted by Gasteiger charge is 2.18. The minimum Gasteiger partial charge on any atom is -0.345 e. The Morgan fingerprint density at radius 3 is 2.33 bits per heavy atom. The summed E-state index contributed by atoms with van der Waals surface area (Å²) in [5.74, 6) is -1.61. The quantitative estimate of drug-likeness (QED) is 0.645. The molecule has 0 aliphatic rings. The number of halogens is 1. The number of rotatable bonds is 6. The summed E-state index contributed by atoms with van der Waals surface area (Å²) in [4.78, 5) is 24.1. The van der Waals surface area contributed by atoms with Crippen molar-refractivity contribution in [3.63, 3.8) is 0 Å². The van der Waals surface area contributed by atoms with Crippen LogP contribution >= 0.6 is 0 Å². The van der Waals surface area contributed by atoms with Crippen LogP contribution in [-0.2, 0) is 27.9 Å². The van der Waals surface area contributed by atoms with Crippen LogP contribution < -0.4 is 5.32 Å². The zero-order valence-corrected chi connectivity index (χ0v) is 14.3. The van der Waals surface area contributed by atoms with Gasteiger partial charge in [-0.15, -0.1) is 0 Å². The molecule has 24 heavy (non-hydrogen) atoms. The lowest BCUT2D eigenvalue weighted by molar-refractivity contribution is -0.117. The van der Waals surface area contributed by atoms with Gasteiger partial charge in [0.05, 0.1) is 0 Å². The maximum Gasteiger partial charge on any atom is 0.292 e. The summed E-state index contributed by atoms with van der Waals surface area (Å²) < 4.78 is 24.4. The smallest absolute Gasteiger partial charge is 0.292 e. The first-order chi connectivity index (χ1) is 11.4. The lowest BCUT2D eigenvalue weighted by Gasteiger charge is -2.07. The summed E-state index contributed by atoms with van der Waals surface area (Å²) in [6.45, 7) is 1.84. The monoisotopic (exact) mass is 347 g/mol. The highest BCUT2D eigenvalue weighted by molar-refractivity contribution is 7.83. The van der Waals surface area contributed by atoms with Crippen LogP contribution in [0.4, 0.5) is 4.39 Å². The van der Waals surface area contributed by atoms with Gasteiger partial charge in [0.1, 0.15) is 5.82 Å². The van der Waals surface area contributed by atoms with Gasteiger partial charge in [0, 0.05) is 34.9 Å². The van der Waals surface area contributed by atoms with Crippen LogP contribution in [0, 0.1) is 12.7 Å². The molecule has 0 aliphatic carbocycles. The highest BCUT2D eigenvalue weighted by atomic mass is 32.2. The summed E-state index contributed by atoms with van der Waals surface area (Å²) in [6.07, 6.45) is 1.63. The van der Waals surface area contributed by atoms with Gasteiger partial charge < -0.3 is 5.32 Å². The number of benzene rings is 2. The Bertz CT molecular complexity index is 787. The molecule has 0 aromatic heterocycles. The number of amides is 1. The largest absolute Gasteiger partial charge is 0.345 e. The Balaban J connectivity index is 1.98. The van der Waals surface area contributed by atoms with Crippen LogP contribution in [0.2, 0.25) is 0 Å². The number of hydrogen-bond donors (Lipinski definition) is 1. The van der Waals surface area contributed by atoms with Crippen LogP contribution in [0.1, 0.15) is 27.0 Å². The van der Waals surface area contributed by atoms with E-state index >= 15 is 0 Å². The summed E-state index contributed by atoms with van der Waals surface area (Å²) in [6, 6.07) is 11.1. The fourth-order valence-corrected chi connectivity index (χ4v) is 2.87. The number of ketones is 1. The summed E-state index contributed by atoms with van der Waals surface area (Å²) in [5, 5.41) is 2.53. The van der Waals surface area contributed by atoms with E-state index in [-0.39, 0.29) is 12.1 Å². The van der Waals surface area contributed by atoms with Crippen LogP contribution in [0.15, 0.2) is 42.5 Å². The van der Waals surface area contributed by atoms with Crippen LogP contribution in [0.3, 0.4) is 0 Å². The van der Waals surface area contributed by atoms with Crippen molar-refractivity contribution in [2.45, 2.75) is 19.2 Å². The topological polar surface area (TPSA) is 63.2 Å². The van der Waals surface area contributed by atoms with E-state index in [9.17, 15) is 18.2 Å². The summed E-state index contributed by atoms with van der Waals surface area (Å²) in [7, 11) is -0.911. The molecule has 6 heteroatoms. The van der Waals surface area contributed by atoms with Gasteiger partial charge in [-0.2, -0.15) is 0 Å². The molecule has 1 amide bonds. The second-order valence-corrected chi connectivity index (χ2v) is 6.94. The van der Waals surface area contributed by atoms with E-state index in [1.165, 1.54) is 12.1 Å². The molecular formula is C18H18FNO3S. The Kier molecular flexibility index (Phi) is 5.98. The minimum atomic E-state index is -0.911. The van der Waals surface area contributed by atoms with E-state index in [2.05, 4.69) is 5.32 Å². The molecule has 0 aliphatic heterocycles. The molecule has 0 heterocycles. The van der Waals surface area contributed by atoms with Crippen LogP contribution in [0.5, 0.6) is 0 Å². The molecule has 126 valence electrons. The van der Waals surface area contributed by atoms with E-state index in [1.807, 2.05) is 12.1 Å². The molecule has 0 fully saturated rings. The van der Waals surface area contributed by atoms with Crippen molar-refractivity contribution in [1.29, 1.82) is 0 Å². The van der Waals surface area contributed by atoms with E-state index in [0.717, 1.165) is 17.2 Å². The van der Waals surface area contributed by atoms with E-state index < -0.39 is 28.3 Å². The number of carbonyl (C=O) groups excluding carboxylic acids is 2. The number of nitrogens with one attached hydrogen (secondary N) is 1. The normalized spacial score (nSPS) is 11.8. The van der Waals surface area contributed by atoms with Gasteiger partial charge in [-0.25, -0.2) is 4.39 Å². The van der Waals surface area contributed by atoms with Gasteiger partial charge in [0.15, 0.2) is 0 Å². The van der Waals surface area contributed by atoms with E-state index in [4.69, 9.17) is 0 Å². The van der Waals surface area contributed by atoms with Crippen molar-refractivity contribution in [2.75, 3.05) is 6.26 Å². The molecule has 0 bridgehead atoms. The molecule has 2 aromatic rings. The summed E-state index contributed by atoms with van der Waals surface area (Å²) in [5.41, 5.74) is 2.37. The first kappa shape index (κ1) is 18.0. The Morgan fingerprint density at radius 1 is 1.08 bits per heavy atom. The Hall–Kier alpha value is -2.34. The number of carbonyl (C=O) groups is 2. The average molecular weight is 347 g/mol. The molecule has 2 aromatic carbocycles. The van der Waals surface area contributed by atoms with Crippen molar-refractivity contribution >= 4 is 22.5 Å². The number of hydrogen-bond acceptors (Lipinski definition) is 3. The lowest BCUT2D eigenvalue weighted by Crippen LogP contribution is -2.31. The Morgan fingerprint density at radius 2 is 1.71 bits per heavy atom. The fourth-order valence-electron chi connectivity index (χ4n) is 2.21. The molecule has 2 rings (SSSR count). The summed E-state index contributed by atoms with van der Waals surface area (Å²) >= 11 is 0. The molecule has 0 saturated carbocycles. The van der Waals surface area contributed by atoms with E-state index in [1.54, 1.807) is 25.3 Å². The van der Waals surface area contributed by atoms with Crippen LogP contribution in [-0.4, -0.2) is 22.2 Å². The predicted molar refractivity (Wildman–Crippen MR) is 91.5 cm³/mol. The lowest BCUT2D eigenvalue weighted by atomic mass is 10.0. The predicted octanol–water partition coefficient (Wildman–Crippen LogP) is 2.51. The molecule has 4 nitrogen and oxygen atoms in total. The van der Waals surface area contributed by atoms with Crippen molar-refractivity contribution in [3.05, 3.63) is 70.5 Å². The molecule has 1 N–H and O–H groups in total. The first-order valence-corrected chi connectivity index (χ1v) is 9.06. The molecule has 0 radical (unpaired) electrons. The fraction of sp³-hybridized carbons (Fsp3) is 0.222. The third-order valence-corrected chi connectivity index (χ3v) is 4.24. The minimum absolute atomic E-state index is 0.0632. The Labute approximate surface area is 142 Å². The van der Waals surface area contributed by atoms with Gasteiger partial charge >= 0.3 is 0 Å². The third kappa shape index (κ3) is 4.83. The number of aryl methyl sites for hydroxylation is 1. The maximum atomic E-state index is 13.2. The van der Waals surface area contributed by atoms with Crippen molar-refractivity contribution in [1.82, 2.24) is 5.32 Å². The third-order valence-electron chi connectivity index (χ3n) is 3.50. The maximum absolute atomic E-state index is 13.2. The molecule has 0 spiro atoms. The molecule has 1 unspecified atom stereocenters. The molecule has 0 saturated heterocycles. The van der Waals surface area contributed by atoms with Gasteiger partial charge in [-0.05, 0) is 35.7 Å². The van der Waals surface area contributed by atoms with Gasteiger partial charge in [-0.3, -0.25) is 13.8 Å². The van der Waals surface area contributed by atoms with Gasteiger partial charge in [0.2, 0.25) is 0 Å². The van der Waals surface area contributed by atoms with Crippen molar-refractivity contribution < 1.29 is 18.2 Å². The zero-order valence-electron chi connectivity index (χ0n) is 13.5. The van der Waals surface area contributed by atoms with Gasteiger partial charge in [0.25, 0.3) is 11.7 Å². The second-order valence-electron chi connectivity index (χ2n) is 5.51. The molecule has 1 atom stereocenters. The molecular weight excluding hydrogens is 329 g/mol. The highest BCUT2D eigenvalue weighted by Crippen LogP contribution is 2.11. The van der Waals surface area contributed by atoms with E-state index in [0.29, 0.717) is 11.3 Å². The average Bonchev–Trinajstić information content (AvgIpc) is 2.55. The number of Topliss-reactive ketones (excluding diaryl/α,β-unsaturated/α-hetero) is 1. The van der Waals surface area contributed by atoms with Gasteiger partial charge in [-0.1, -0.05) is 30.3 Å². The van der Waals surface area contributed by atoms with Crippen molar-refractivity contribution in [3.8, 4) is 0 Å².